The van der Waals surface area contributed by atoms with Gasteiger partial charge in [0, 0.05) is 24.1 Å². The molecule has 2 aliphatic rings. The van der Waals surface area contributed by atoms with E-state index in [0.29, 0.717) is 11.8 Å². The Balaban J connectivity index is 1.41. The number of carbonyl (C=O) groups is 1. The molecule has 0 atom stereocenters. The number of aromatic nitrogens is 2. The maximum absolute atomic E-state index is 13.3. The van der Waals surface area contributed by atoms with Crippen molar-refractivity contribution in [2.24, 2.45) is 11.3 Å². The first kappa shape index (κ1) is 18.3. The highest BCUT2D eigenvalue weighted by Crippen LogP contribution is 2.48. The first-order chi connectivity index (χ1) is 12.9. The van der Waals surface area contributed by atoms with E-state index in [1.54, 1.807) is 0 Å². The van der Waals surface area contributed by atoms with E-state index in [-0.39, 0.29) is 10.8 Å². The van der Waals surface area contributed by atoms with Gasteiger partial charge in [0.1, 0.15) is 0 Å². The molecule has 4 nitrogen and oxygen atoms in total. The molecule has 4 rings (SSSR count). The Morgan fingerprint density at radius 3 is 2.41 bits per heavy atom. The summed E-state index contributed by atoms with van der Waals surface area (Å²) in [5, 5.41) is 7.12. The van der Waals surface area contributed by atoms with Gasteiger partial charge in [-0.3, -0.25) is 9.89 Å². The number of nitrogens with one attached hydrogen (secondary N) is 1. The average Bonchev–Trinajstić information content (AvgIpc) is 3.26. The summed E-state index contributed by atoms with van der Waals surface area (Å²) in [5.74, 6) is 1.02. The van der Waals surface area contributed by atoms with Gasteiger partial charge >= 0.3 is 0 Å². The van der Waals surface area contributed by atoms with Gasteiger partial charge in [0.05, 0.1) is 5.41 Å². The van der Waals surface area contributed by atoms with Crippen LogP contribution in [0.5, 0.6) is 0 Å². The highest BCUT2D eigenvalue weighted by Gasteiger charge is 2.48. The van der Waals surface area contributed by atoms with Crippen LogP contribution in [0.25, 0.3) is 0 Å². The molecule has 0 bridgehead atoms. The molecule has 144 valence electrons. The van der Waals surface area contributed by atoms with Crippen molar-refractivity contribution >= 4 is 11.6 Å². The minimum absolute atomic E-state index is 0.118. The Kier molecular flexibility index (Phi) is 4.61. The third-order valence-electron chi connectivity index (χ3n) is 6.69. The molecule has 1 amide bonds. The van der Waals surface area contributed by atoms with Gasteiger partial charge in [0.25, 0.3) is 0 Å². The number of nitrogens with zero attached hydrogens (tertiary/aromatic N) is 2. The Morgan fingerprint density at radius 2 is 1.81 bits per heavy atom. The molecule has 1 spiro atoms. The lowest BCUT2D eigenvalue weighted by Crippen LogP contribution is -2.37. The number of anilines is 1. The second-order valence-corrected chi connectivity index (χ2v) is 9.51. The second kappa shape index (κ2) is 6.81. The van der Waals surface area contributed by atoms with Gasteiger partial charge in [-0.2, -0.15) is 5.10 Å². The first-order valence-corrected chi connectivity index (χ1v) is 10.3. The van der Waals surface area contributed by atoms with Gasteiger partial charge < -0.3 is 4.90 Å². The van der Waals surface area contributed by atoms with E-state index in [2.05, 4.69) is 61.3 Å². The fourth-order valence-electron chi connectivity index (χ4n) is 4.82. The Labute approximate surface area is 162 Å². The summed E-state index contributed by atoms with van der Waals surface area (Å²) in [6, 6.07) is 10.7. The van der Waals surface area contributed by atoms with Crippen molar-refractivity contribution in [3.8, 4) is 0 Å². The summed E-state index contributed by atoms with van der Waals surface area (Å²) in [7, 11) is 0. The van der Waals surface area contributed by atoms with Crippen molar-refractivity contribution in [1.29, 1.82) is 0 Å². The molecule has 2 heterocycles. The van der Waals surface area contributed by atoms with Crippen molar-refractivity contribution < 1.29 is 4.79 Å². The van der Waals surface area contributed by atoms with Gasteiger partial charge in [0.15, 0.2) is 0 Å². The Bertz CT molecular complexity index is 778. The predicted octanol–water partition coefficient (Wildman–Crippen LogP) is 4.86. The van der Waals surface area contributed by atoms with Gasteiger partial charge in [-0.1, -0.05) is 32.9 Å². The average molecular weight is 366 g/mol. The molecular weight excluding hydrogens is 334 g/mol. The lowest BCUT2D eigenvalue weighted by atomic mass is 9.68. The van der Waals surface area contributed by atoms with E-state index in [1.807, 2.05) is 11.1 Å². The van der Waals surface area contributed by atoms with Gasteiger partial charge in [-0.15, -0.1) is 0 Å². The van der Waals surface area contributed by atoms with E-state index in [9.17, 15) is 4.79 Å². The van der Waals surface area contributed by atoms with Gasteiger partial charge in [-0.25, -0.2) is 0 Å². The molecule has 1 aliphatic heterocycles. The summed E-state index contributed by atoms with van der Waals surface area (Å²) in [4.78, 5) is 15.3. The number of carbonyl (C=O) groups excluding carboxylic acids is 1. The van der Waals surface area contributed by atoms with Crippen LogP contribution in [0.4, 0.5) is 5.69 Å². The second-order valence-electron chi connectivity index (χ2n) is 9.51. The third kappa shape index (κ3) is 3.54. The van der Waals surface area contributed by atoms with Crippen molar-refractivity contribution in [2.45, 2.75) is 64.7 Å². The minimum atomic E-state index is -0.118. The summed E-state index contributed by atoms with van der Waals surface area (Å²) < 4.78 is 0. The van der Waals surface area contributed by atoms with E-state index in [1.165, 1.54) is 11.3 Å². The summed E-state index contributed by atoms with van der Waals surface area (Å²) in [6.07, 6.45) is 8.22. The van der Waals surface area contributed by atoms with Crippen molar-refractivity contribution in [1.82, 2.24) is 10.2 Å². The number of hydrogen-bond acceptors (Lipinski definition) is 2. The maximum Gasteiger partial charge on any atom is 0.233 e. The summed E-state index contributed by atoms with van der Waals surface area (Å²) in [5.41, 5.74) is 3.61. The fourth-order valence-corrected chi connectivity index (χ4v) is 4.82. The maximum atomic E-state index is 13.3. The van der Waals surface area contributed by atoms with Crippen LogP contribution in [-0.4, -0.2) is 22.6 Å². The fraction of sp³-hybridized carbons (Fsp3) is 0.565. The van der Waals surface area contributed by atoms with Crippen molar-refractivity contribution in [3.63, 3.8) is 0 Å². The van der Waals surface area contributed by atoms with Crippen LogP contribution in [0.2, 0.25) is 0 Å². The van der Waals surface area contributed by atoms with Crippen LogP contribution in [0, 0.1) is 11.3 Å². The zero-order valence-corrected chi connectivity index (χ0v) is 16.8. The molecular formula is C23H31N3O. The van der Waals surface area contributed by atoms with Crippen LogP contribution < -0.4 is 4.90 Å². The number of amides is 1. The Morgan fingerprint density at radius 1 is 1.11 bits per heavy atom. The lowest BCUT2D eigenvalue weighted by molar-refractivity contribution is -0.127. The monoisotopic (exact) mass is 365 g/mol. The molecule has 1 aromatic carbocycles. The zero-order valence-electron chi connectivity index (χ0n) is 16.8. The number of H-pyrrole nitrogens is 1. The van der Waals surface area contributed by atoms with Gasteiger partial charge in [-0.05, 0) is 73.6 Å². The molecule has 1 aromatic heterocycles. The molecule has 2 fully saturated rings. The molecule has 0 radical (unpaired) electrons. The number of aromatic amines is 1. The largest absolute Gasteiger partial charge is 0.312 e. The quantitative estimate of drug-likeness (QED) is 0.844. The highest BCUT2D eigenvalue weighted by molar-refractivity contribution is 6.00. The van der Waals surface area contributed by atoms with E-state index in [4.69, 9.17) is 0 Å². The van der Waals surface area contributed by atoms with Gasteiger partial charge in [0.2, 0.25) is 5.91 Å². The topological polar surface area (TPSA) is 49.0 Å². The van der Waals surface area contributed by atoms with E-state index in [0.717, 1.165) is 50.8 Å². The molecule has 2 aromatic rings. The van der Waals surface area contributed by atoms with E-state index >= 15 is 0 Å². The normalized spacial score (nSPS) is 26.1. The summed E-state index contributed by atoms with van der Waals surface area (Å²) >= 11 is 0. The standard InChI is InChI=1S/C23H31N3O/c1-22(2,3)18-4-6-20(7-5-18)26-15-13-23(21(26)27)11-8-17(9-12-23)16-19-10-14-24-25-19/h4-7,10,14,17H,8-9,11-13,15-16H2,1-3H3,(H,24,25)/t17-,23+. The van der Waals surface area contributed by atoms with Crippen LogP contribution in [-0.2, 0) is 16.6 Å². The predicted molar refractivity (Wildman–Crippen MR) is 109 cm³/mol. The number of benzene rings is 1. The lowest BCUT2D eigenvalue weighted by Gasteiger charge is -2.35. The highest BCUT2D eigenvalue weighted by atomic mass is 16.2. The van der Waals surface area contributed by atoms with Crippen LogP contribution in [0.1, 0.15) is 64.1 Å². The zero-order chi connectivity index (χ0) is 19.1. The molecule has 1 saturated heterocycles. The SMILES string of the molecule is CC(C)(C)c1ccc(N2CC[C@]3(CC[C@H](Cc4ccn[nH]4)CC3)C2=O)cc1. The van der Waals surface area contributed by atoms with Crippen LogP contribution in [0.15, 0.2) is 36.5 Å². The smallest absolute Gasteiger partial charge is 0.233 e. The number of rotatable bonds is 3. The molecule has 1 saturated carbocycles. The Hall–Kier alpha value is -2.10. The first-order valence-electron chi connectivity index (χ1n) is 10.3. The molecule has 4 heteroatoms. The van der Waals surface area contributed by atoms with E-state index < -0.39 is 0 Å². The molecule has 0 unspecified atom stereocenters. The minimum Gasteiger partial charge on any atom is -0.312 e. The molecule has 1 aliphatic carbocycles. The number of hydrogen-bond donors (Lipinski definition) is 1. The molecule has 1 N–H and O–H groups in total. The van der Waals surface area contributed by atoms with Crippen molar-refractivity contribution in [2.75, 3.05) is 11.4 Å². The third-order valence-corrected chi connectivity index (χ3v) is 6.69. The van der Waals surface area contributed by atoms with Crippen LogP contribution in [0.3, 0.4) is 0 Å². The summed E-state index contributed by atoms with van der Waals surface area (Å²) in [6.45, 7) is 7.53. The van der Waals surface area contributed by atoms with Crippen LogP contribution >= 0.6 is 0 Å². The molecule has 27 heavy (non-hydrogen) atoms. The van der Waals surface area contributed by atoms with Crippen molar-refractivity contribution in [3.05, 3.63) is 47.8 Å².